The normalized spacial score (nSPS) is 16.2. The SMILES string of the molecule is O=c1occcc1C1=CCCC1. The molecule has 1 aromatic rings. The number of allylic oxidation sites excluding steroid dienone is 2. The maximum Gasteiger partial charge on any atom is 0.343 e. The van der Waals surface area contributed by atoms with E-state index < -0.39 is 0 Å². The van der Waals surface area contributed by atoms with Crippen LogP contribution in [0.3, 0.4) is 0 Å². The molecule has 0 radical (unpaired) electrons. The maximum atomic E-state index is 11.2. The van der Waals surface area contributed by atoms with Crippen molar-refractivity contribution in [1.29, 1.82) is 0 Å². The van der Waals surface area contributed by atoms with Crippen LogP contribution in [-0.4, -0.2) is 0 Å². The Labute approximate surface area is 70.5 Å². The fourth-order valence-corrected chi connectivity index (χ4v) is 1.52. The molecule has 1 aliphatic rings. The van der Waals surface area contributed by atoms with Crippen molar-refractivity contribution >= 4 is 5.57 Å². The lowest BCUT2D eigenvalue weighted by Gasteiger charge is -1.97. The van der Waals surface area contributed by atoms with Crippen LogP contribution in [0.4, 0.5) is 0 Å². The highest BCUT2D eigenvalue weighted by molar-refractivity contribution is 5.65. The smallest absolute Gasteiger partial charge is 0.343 e. The van der Waals surface area contributed by atoms with E-state index in [1.54, 1.807) is 6.07 Å². The van der Waals surface area contributed by atoms with Gasteiger partial charge in [-0.3, -0.25) is 0 Å². The van der Waals surface area contributed by atoms with E-state index in [9.17, 15) is 4.79 Å². The van der Waals surface area contributed by atoms with Gasteiger partial charge in [0.15, 0.2) is 0 Å². The summed E-state index contributed by atoms with van der Waals surface area (Å²) in [5.74, 6) is 0. The molecule has 12 heavy (non-hydrogen) atoms. The Morgan fingerprint density at radius 2 is 2.33 bits per heavy atom. The summed E-state index contributed by atoms with van der Waals surface area (Å²) >= 11 is 0. The van der Waals surface area contributed by atoms with E-state index >= 15 is 0 Å². The van der Waals surface area contributed by atoms with Gasteiger partial charge in [-0.2, -0.15) is 0 Å². The van der Waals surface area contributed by atoms with Gasteiger partial charge in [-0.15, -0.1) is 0 Å². The predicted molar refractivity (Wildman–Crippen MR) is 46.8 cm³/mol. The molecular weight excluding hydrogens is 152 g/mol. The molecule has 0 bridgehead atoms. The highest BCUT2D eigenvalue weighted by Gasteiger charge is 2.10. The first kappa shape index (κ1) is 7.35. The molecule has 2 rings (SSSR count). The van der Waals surface area contributed by atoms with Crippen LogP contribution in [0.2, 0.25) is 0 Å². The molecule has 0 atom stereocenters. The molecule has 0 aromatic carbocycles. The van der Waals surface area contributed by atoms with Crippen LogP contribution in [0.1, 0.15) is 24.8 Å². The monoisotopic (exact) mass is 162 g/mol. The van der Waals surface area contributed by atoms with Crippen LogP contribution in [0.15, 0.2) is 33.7 Å². The lowest BCUT2D eigenvalue weighted by atomic mass is 10.1. The summed E-state index contributed by atoms with van der Waals surface area (Å²) < 4.78 is 4.77. The van der Waals surface area contributed by atoms with Crippen molar-refractivity contribution in [3.05, 3.63) is 40.5 Å². The van der Waals surface area contributed by atoms with Crippen molar-refractivity contribution < 1.29 is 4.42 Å². The lowest BCUT2D eigenvalue weighted by molar-refractivity contribution is 0.508. The molecule has 0 unspecified atom stereocenters. The summed E-state index contributed by atoms with van der Waals surface area (Å²) in [4.78, 5) is 11.2. The van der Waals surface area contributed by atoms with Crippen molar-refractivity contribution in [3.63, 3.8) is 0 Å². The zero-order valence-corrected chi connectivity index (χ0v) is 6.75. The van der Waals surface area contributed by atoms with Gasteiger partial charge in [-0.1, -0.05) is 6.08 Å². The molecule has 0 spiro atoms. The van der Waals surface area contributed by atoms with Gasteiger partial charge in [0.2, 0.25) is 0 Å². The number of hydrogen-bond acceptors (Lipinski definition) is 2. The Hall–Kier alpha value is -1.31. The molecule has 0 aliphatic heterocycles. The van der Waals surface area contributed by atoms with E-state index in [1.165, 1.54) is 6.26 Å². The molecule has 1 aromatic heterocycles. The lowest BCUT2D eigenvalue weighted by Crippen LogP contribution is -2.03. The van der Waals surface area contributed by atoms with Crippen LogP contribution in [0, 0.1) is 0 Å². The Bertz CT molecular complexity index is 360. The summed E-state index contributed by atoms with van der Waals surface area (Å²) in [5, 5.41) is 0. The fraction of sp³-hybridized carbons (Fsp3) is 0.300. The molecule has 2 heteroatoms. The van der Waals surface area contributed by atoms with E-state index in [0.29, 0.717) is 0 Å². The number of hydrogen-bond donors (Lipinski definition) is 0. The molecule has 0 N–H and O–H groups in total. The number of rotatable bonds is 1. The first-order valence-corrected chi connectivity index (χ1v) is 4.15. The molecule has 2 nitrogen and oxygen atoms in total. The molecule has 0 saturated heterocycles. The third-order valence-corrected chi connectivity index (χ3v) is 2.12. The minimum absolute atomic E-state index is 0.217. The van der Waals surface area contributed by atoms with Gasteiger partial charge in [0.25, 0.3) is 0 Å². The van der Waals surface area contributed by atoms with Gasteiger partial charge in [0.1, 0.15) is 0 Å². The minimum atomic E-state index is -0.217. The van der Waals surface area contributed by atoms with Gasteiger partial charge in [-0.05, 0) is 37.0 Å². The second-order valence-corrected chi connectivity index (χ2v) is 2.94. The highest BCUT2D eigenvalue weighted by atomic mass is 16.4. The maximum absolute atomic E-state index is 11.2. The second kappa shape index (κ2) is 2.97. The summed E-state index contributed by atoms with van der Waals surface area (Å²) in [6.07, 6.45) is 6.79. The van der Waals surface area contributed by atoms with Crippen molar-refractivity contribution in [1.82, 2.24) is 0 Å². The molecule has 0 amide bonds. The van der Waals surface area contributed by atoms with Gasteiger partial charge in [0, 0.05) is 0 Å². The third-order valence-electron chi connectivity index (χ3n) is 2.12. The highest BCUT2D eigenvalue weighted by Crippen LogP contribution is 2.24. The van der Waals surface area contributed by atoms with Crippen LogP contribution in [-0.2, 0) is 0 Å². The van der Waals surface area contributed by atoms with Gasteiger partial charge in [0.05, 0.1) is 11.8 Å². The van der Waals surface area contributed by atoms with E-state index in [4.69, 9.17) is 4.42 Å². The molecule has 0 fully saturated rings. The average Bonchev–Trinajstić information content (AvgIpc) is 2.57. The van der Waals surface area contributed by atoms with Crippen molar-refractivity contribution in [2.24, 2.45) is 0 Å². The van der Waals surface area contributed by atoms with Crippen LogP contribution < -0.4 is 5.63 Å². The Balaban J connectivity index is 2.46. The minimum Gasteiger partial charge on any atom is -0.431 e. The van der Waals surface area contributed by atoms with Gasteiger partial charge >= 0.3 is 5.63 Å². The van der Waals surface area contributed by atoms with Crippen molar-refractivity contribution in [2.75, 3.05) is 0 Å². The largest absolute Gasteiger partial charge is 0.431 e. The Morgan fingerprint density at radius 1 is 1.42 bits per heavy atom. The van der Waals surface area contributed by atoms with E-state index in [2.05, 4.69) is 6.08 Å². The Kier molecular flexibility index (Phi) is 1.82. The van der Waals surface area contributed by atoms with Crippen LogP contribution in [0.25, 0.3) is 5.57 Å². The van der Waals surface area contributed by atoms with E-state index in [1.807, 2.05) is 6.07 Å². The standard InChI is InChI=1S/C10H10O2/c11-10-9(6-3-7-12-10)8-4-1-2-5-8/h3-4,6-7H,1-2,5H2. The first-order valence-electron chi connectivity index (χ1n) is 4.15. The summed E-state index contributed by atoms with van der Waals surface area (Å²) in [6, 6.07) is 3.58. The molecule has 1 aliphatic carbocycles. The first-order chi connectivity index (χ1) is 5.88. The molecule has 0 saturated carbocycles. The second-order valence-electron chi connectivity index (χ2n) is 2.94. The van der Waals surface area contributed by atoms with Gasteiger partial charge < -0.3 is 4.42 Å². The molecular formula is C10H10O2. The summed E-state index contributed by atoms with van der Waals surface area (Å²) in [5.41, 5.74) is 1.66. The predicted octanol–water partition coefficient (Wildman–Crippen LogP) is 2.21. The molecule has 62 valence electrons. The van der Waals surface area contributed by atoms with Crippen LogP contribution >= 0.6 is 0 Å². The molecule has 1 heterocycles. The van der Waals surface area contributed by atoms with Crippen molar-refractivity contribution in [2.45, 2.75) is 19.3 Å². The van der Waals surface area contributed by atoms with E-state index in [0.717, 1.165) is 30.4 Å². The zero-order chi connectivity index (χ0) is 8.39. The summed E-state index contributed by atoms with van der Waals surface area (Å²) in [7, 11) is 0. The zero-order valence-electron chi connectivity index (χ0n) is 6.75. The van der Waals surface area contributed by atoms with Gasteiger partial charge in [-0.25, -0.2) is 4.79 Å². The summed E-state index contributed by atoms with van der Waals surface area (Å²) in [6.45, 7) is 0. The van der Waals surface area contributed by atoms with Crippen molar-refractivity contribution in [3.8, 4) is 0 Å². The van der Waals surface area contributed by atoms with E-state index in [-0.39, 0.29) is 5.63 Å². The average molecular weight is 162 g/mol. The quantitative estimate of drug-likeness (QED) is 0.633. The topological polar surface area (TPSA) is 30.2 Å². The Morgan fingerprint density at radius 3 is 3.00 bits per heavy atom. The fourth-order valence-electron chi connectivity index (χ4n) is 1.52. The van der Waals surface area contributed by atoms with Crippen LogP contribution in [0.5, 0.6) is 0 Å². The third kappa shape index (κ3) is 1.20.